The van der Waals surface area contributed by atoms with Gasteiger partial charge in [-0.05, 0) is 43.5 Å². The van der Waals surface area contributed by atoms with E-state index in [1.54, 1.807) is 11.3 Å². The summed E-state index contributed by atoms with van der Waals surface area (Å²) < 4.78 is 2.20. The lowest BCUT2D eigenvalue weighted by Crippen LogP contribution is -2.03. The number of fused-ring (bicyclic) bond motifs is 1. The van der Waals surface area contributed by atoms with Gasteiger partial charge in [0.25, 0.3) is 0 Å². The van der Waals surface area contributed by atoms with Gasteiger partial charge in [-0.2, -0.15) is 0 Å². The van der Waals surface area contributed by atoms with Crippen molar-refractivity contribution in [2.75, 3.05) is 5.73 Å². The van der Waals surface area contributed by atoms with Crippen LogP contribution in [0.15, 0.2) is 29.6 Å². The Balaban J connectivity index is 2.35. The highest BCUT2D eigenvalue weighted by Crippen LogP contribution is 2.35. The van der Waals surface area contributed by atoms with Crippen LogP contribution < -0.4 is 5.73 Å². The summed E-state index contributed by atoms with van der Waals surface area (Å²) in [6.07, 6.45) is 0. The van der Waals surface area contributed by atoms with Crippen LogP contribution in [0.2, 0.25) is 5.02 Å². The topological polar surface area (TPSA) is 43.8 Å². The number of hydrogen-bond donors (Lipinski definition) is 1. The second-order valence-electron chi connectivity index (χ2n) is 4.74. The van der Waals surface area contributed by atoms with E-state index in [1.165, 1.54) is 0 Å². The molecular weight excluding hydrogens is 278 g/mol. The Morgan fingerprint density at radius 3 is 2.74 bits per heavy atom. The number of aromatic nitrogens is 2. The van der Waals surface area contributed by atoms with Crippen molar-refractivity contribution in [3.8, 4) is 10.7 Å². The van der Waals surface area contributed by atoms with Crippen LogP contribution in [0.3, 0.4) is 0 Å². The van der Waals surface area contributed by atoms with Crippen molar-refractivity contribution in [3.05, 3.63) is 34.7 Å². The molecule has 0 aliphatic rings. The number of nitrogens with zero attached hydrogens (tertiary/aromatic N) is 2. The highest BCUT2D eigenvalue weighted by atomic mass is 35.5. The average molecular weight is 292 g/mol. The van der Waals surface area contributed by atoms with Gasteiger partial charge in [0.2, 0.25) is 0 Å². The van der Waals surface area contributed by atoms with Gasteiger partial charge in [-0.15, -0.1) is 11.3 Å². The molecule has 19 heavy (non-hydrogen) atoms. The van der Waals surface area contributed by atoms with E-state index in [2.05, 4.69) is 18.4 Å². The lowest BCUT2D eigenvalue weighted by Gasteiger charge is -2.12. The van der Waals surface area contributed by atoms with Crippen LogP contribution in [0.4, 0.5) is 5.69 Å². The zero-order valence-corrected chi connectivity index (χ0v) is 12.3. The van der Waals surface area contributed by atoms with E-state index in [0.717, 1.165) is 27.4 Å². The summed E-state index contributed by atoms with van der Waals surface area (Å²) in [4.78, 5) is 5.72. The summed E-state index contributed by atoms with van der Waals surface area (Å²) in [5.41, 5.74) is 8.79. The van der Waals surface area contributed by atoms with Crippen LogP contribution in [0.25, 0.3) is 21.7 Å². The van der Waals surface area contributed by atoms with Crippen LogP contribution in [0, 0.1) is 0 Å². The maximum absolute atomic E-state index is 6.04. The minimum atomic E-state index is 0.308. The number of benzene rings is 1. The lowest BCUT2D eigenvalue weighted by molar-refractivity contribution is 0.625. The zero-order chi connectivity index (χ0) is 13.6. The van der Waals surface area contributed by atoms with E-state index in [9.17, 15) is 0 Å². The number of hydrogen-bond acceptors (Lipinski definition) is 3. The molecule has 0 aliphatic carbocycles. The maximum Gasteiger partial charge on any atom is 0.153 e. The molecule has 0 radical (unpaired) electrons. The quantitative estimate of drug-likeness (QED) is 0.751. The van der Waals surface area contributed by atoms with E-state index < -0.39 is 0 Å². The highest BCUT2D eigenvalue weighted by molar-refractivity contribution is 7.14. The number of imidazole rings is 1. The summed E-state index contributed by atoms with van der Waals surface area (Å²) in [6, 6.07) is 8.02. The minimum absolute atomic E-state index is 0.308. The monoisotopic (exact) mass is 291 g/mol. The third-order valence-corrected chi connectivity index (χ3v) is 4.23. The number of anilines is 1. The van der Waals surface area contributed by atoms with Gasteiger partial charge in [-0.1, -0.05) is 11.6 Å². The van der Waals surface area contributed by atoms with Crippen molar-refractivity contribution in [1.82, 2.24) is 9.55 Å². The molecule has 5 heteroatoms. The third kappa shape index (κ3) is 2.01. The van der Waals surface area contributed by atoms with Gasteiger partial charge in [0.1, 0.15) is 0 Å². The summed E-state index contributed by atoms with van der Waals surface area (Å²) in [7, 11) is 0. The summed E-state index contributed by atoms with van der Waals surface area (Å²) in [5.74, 6) is 0.916. The molecule has 0 fully saturated rings. The van der Waals surface area contributed by atoms with E-state index in [1.807, 2.05) is 29.6 Å². The van der Waals surface area contributed by atoms with Crippen LogP contribution in [0.5, 0.6) is 0 Å². The number of nitrogens with two attached hydrogens (primary N) is 1. The summed E-state index contributed by atoms with van der Waals surface area (Å²) >= 11 is 7.66. The first-order valence-electron chi connectivity index (χ1n) is 6.08. The number of halogens is 1. The minimum Gasteiger partial charge on any atom is -0.397 e. The van der Waals surface area contributed by atoms with Crippen LogP contribution >= 0.6 is 22.9 Å². The fraction of sp³-hybridized carbons (Fsp3) is 0.214. The van der Waals surface area contributed by atoms with Gasteiger partial charge in [-0.25, -0.2) is 4.98 Å². The Kier molecular flexibility index (Phi) is 2.99. The van der Waals surface area contributed by atoms with Gasteiger partial charge in [0, 0.05) is 11.1 Å². The maximum atomic E-state index is 6.04. The average Bonchev–Trinajstić information content (AvgIpc) is 2.91. The fourth-order valence-electron chi connectivity index (χ4n) is 2.26. The predicted octanol–water partition coefficient (Wildman–Crippen LogP) is 4.58. The van der Waals surface area contributed by atoms with Gasteiger partial charge in [-0.3, -0.25) is 0 Å². The molecule has 2 heterocycles. The van der Waals surface area contributed by atoms with E-state index >= 15 is 0 Å². The Bertz CT molecular complexity index is 742. The molecule has 3 nitrogen and oxygen atoms in total. The summed E-state index contributed by atoms with van der Waals surface area (Å²) in [6.45, 7) is 4.28. The SMILES string of the molecule is CC(C)n1c(-c2sccc2N)nc2cc(Cl)ccc21. The lowest BCUT2D eigenvalue weighted by atomic mass is 10.3. The van der Waals surface area contributed by atoms with Gasteiger partial charge in [0.05, 0.1) is 21.6 Å². The van der Waals surface area contributed by atoms with Crippen molar-refractivity contribution >= 4 is 39.7 Å². The molecule has 0 bridgehead atoms. The van der Waals surface area contributed by atoms with Gasteiger partial charge < -0.3 is 10.3 Å². The van der Waals surface area contributed by atoms with Crippen molar-refractivity contribution < 1.29 is 0 Å². The van der Waals surface area contributed by atoms with Crippen LogP contribution in [-0.4, -0.2) is 9.55 Å². The largest absolute Gasteiger partial charge is 0.397 e. The molecular formula is C14H14ClN3S. The molecule has 3 aromatic rings. The standard InChI is InChI=1S/C14H14ClN3S/c1-8(2)18-12-4-3-9(15)7-11(12)17-14(18)13-10(16)5-6-19-13/h3-8H,16H2,1-2H3. The molecule has 98 valence electrons. The van der Waals surface area contributed by atoms with Crippen molar-refractivity contribution in [1.29, 1.82) is 0 Å². The molecule has 0 saturated heterocycles. The molecule has 0 atom stereocenters. The molecule has 1 aromatic carbocycles. The van der Waals surface area contributed by atoms with Crippen LogP contribution in [-0.2, 0) is 0 Å². The first kappa shape index (κ1) is 12.5. The Labute approximate surface area is 120 Å². The first-order valence-corrected chi connectivity index (χ1v) is 7.34. The van der Waals surface area contributed by atoms with Crippen molar-refractivity contribution in [2.45, 2.75) is 19.9 Å². The number of rotatable bonds is 2. The molecule has 0 unspecified atom stereocenters. The van der Waals surface area contributed by atoms with E-state index in [-0.39, 0.29) is 0 Å². The normalized spacial score (nSPS) is 11.6. The predicted molar refractivity (Wildman–Crippen MR) is 82.9 cm³/mol. The second-order valence-corrected chi connectivity index (χ2v) is 6.09. The molecule has 3 rings (SSSR count). The third-order valence-electron chi connectivity index (χ3n) is 3.07. The van der Waals surface area contributed by atoms with Gasteiger partial charge in [0.15, 0.2) is 5.82 Å². The van der Waals surface area contributed by atoms with Crippen LogP contribution in [0.1, 0.15) is 19.9 Å². The van der Waals surface area contributed by atoms with Gasteiger partial charge >= 0.3 is 0 Å². The Morgan fingerprint density at radius 2 is 2.11 bits per heavy atom. The highest BCUT2D eigenvalue weighted by Gasteiger charge is 2.17. The van der Waals surface area contributed by atoms with Crippen molar-refractivity contribution in [3.63, 3.8) is 0 Å². The fourth-order valence-corrected chi connectivity index (χ4v) is 3.23. The molecule has 0 amide bonds. The number of nitrogen functional groups attached to an aromatic ring is 1. The van der Waals surface area contributed by atoms with Crippen molar-refractivity contribution in [2.24, 2.45) is 0 Å². The van der Waals surface area contributed by atoms with E-state index in [0.29, 0.717) is 11.1 Å². The molecule has 0 spiro atoms. The molecule has 2 aromatic heterocycles. The molecule has 2 N–H and O–H groups in total. The molecule has 0 saturated carbocycles. The zero-order valence-electron chi connectivity index (χ0n) is 10.7. The number of thiophene rings is 1. The first-order chi connectivity index (χ1) is 9.08. The van der Waals surface area contributed by atoms with E-state index in [4.69, 9.17) is 22.3 Å². The Morgan fingerprint density at radius 1 is 1.32 bits per heavy atom. The summed E-state index contributed by atoms with van der Waals surface area (Å²) in [5, 5.41) is 2.69. The smallest absolute Gasteiger partial charge is 0.153 e. The molecule has 0 aliphatic heterocycles. The Hall–Kier alpha value is -1.52. The second kappa shape index (κ2) is 4.54.